The Morgan fingerprint density at radius 1 is 1.78 bits per heavy atom. The van der Waals surface area contributed by atoms with Gasteiger partial charge >= 0.3 is 6.03 Å². The standard InChI is InChI=1S/C4H8N2O3/c7-4(5-8)6-2-1-3-9-6/h8H,1-3H2,(H,5,7). The van der Waals surface area contributed by atoms with Crippen LogP contribution in [0.1, 0.15) is 6.42 Å². The Morgan fingerprint density at radius 3 is 3.00 bits per heavy atom. The molecule has 0 saturated carbocycles. The molecule has 0 aromatic carbocycles. The van der Waals surface area contributed by atoms with Crippen LogP contribution < -0.4 is 5.48 Å². The van der Waals surface area contributed by atoms with E-state index in [4.69, 9.17) is 10.0 Å². The Bertz CT molecular complexity index is 110. The first-order valence-corrected chi connectivity index (χ1v) is 2.69. The Morgan fingerprint density at radius 2 is 2.56 bits per heavy atom. The number of hydrogen-bond donors (Lipinski definition) is 2. The molecule has 2 amide bonds. The normalized spacial score (nSPS) is 18.1. The number of carbonyl (C=O) groups is 1. The van der Waals surface area contributed by atoms with Gasteiger partial charge in [-0.3, -0.25) is 10.0 Å². The van der Waals surface area contributed by atoms with Crippen LogP contribution in [0.15, 0.2) is 0 Å². The summed E-state index contributed by atoms with van der Waals surface area (Å²) in [4.78, 5) is 15.2. The molecule has 1 saturated heterocycles. The summed E-state index contributed by atoms with van der Waals surface area (Å²) in [6.07, 6.45) is 0.827. The third kappa shape index (κ3) is 1.30. The smallest absolute Gasteiger partial charge is 0.287 e. The molecular formula is C4H8N2O3. The zero-order valence-electron chi connectivity index (χ0n) is 4.83. The molecule has 1 aliphatic rings. The van der Waals surface area contributed by atoms with Crippen LogP contribution in [0.3, 0.4) is 0 Å². The maximum atomic E-state index is 10.5. The minimum Gasteiger partial charge on any atom is -0.287 e. The Kier molecular flexibility index (Phi) is 1.86. The highest BCUT2D eigenvalue weighted by Gasteiger charge is 2.17. The van der Waals surface area contributed by atoms with Crippen LogP contribution in [0.4, 0.5) is 4.79 Å². The molecule has 0 aromatic heterocycles. The van der Waals surface area contributed by atoms with E-state index < -0.39 is 6.03 Å². The highest BCUT2D eigenvalue weighted by Crippen LogP contribution is 2.02. The van der Waals surface area contributed by atoms with Crippen molar-refractivity contribution in [1.82, 2.24) is 10.5 Å². The minimum absolute atomic E-state index is 0.548. The highest BCUT2D eigenvalue weighted by molar-refractivity contribution is 5.71. The van der Waals surface area contributed by atoms with Crippen molar-refractivity contribution in [2.24, 2.45) is 0 Å². The van der Waals surface area contributed by atoms with Crippen molar-refractivity contribution in [3.05, 3.63) is 0 Å². The quantitative estimate of drug-likeness (QED) is 0.352. The Balaban J connectivity index is 2.32. The van der Waals surface area contributed by atoms with Gasteiger partial charge in [-0.15, -0.1) is 0 Å². The zero-order chi connectivity index (χ0) is 6.69. The minimum atomic E-state index is -0.604. The molecule has 1 heterocycles. The number of nitrogens with one attached hydrogen (secondary N) is 1. The van der Waals surface area contributed by atoms with Gasteiger partial charge in [0.25, 0.3) is 0 Å². The summed E-state index contributed by atoms with van der Waals surface area (Å²) in [6.45, 7) is 1.10. The lowest BCUT2D eigenvalue weighted by Gasteiger charge is -2.10. The van der Waals surface area contributed by atoms with E-state index in [1.54, 1.807) is 0 Å². The van der Waals surface area contributed by atoms with Crippen molar-refractivity contribution in [3.8, 4) is 0 Å². The molecular weight excluding hydrogens is 124 g/mol. The summed E-state index contributed by atoms with van der Waals surface area (Å²) in [5.41, 5.74) is 1.47. The van der Waals surface area contributed by atoms with Gasteiger partial charge in [0.2, 0.25) is 0 Å². The molecule has 0 radical (unpaired) electrons. The van der Waals surface area contributed by atoms with Crippen molar-refractivity contribution < 1.29 is 14.8 Å². The summed E-state index contributed by atoms with van der Waals surface area (Å²) in [7, 11) is 0. The lowest BCUT2D eigenvalue weighted by molar-refractivity contribution is -0.0755. The Labute approximate surface area is 52.1 Å². The van der Waals surface area contributed by atoms with Gasteiger partial charge in [0.1, 0.15) is 0 Å². The van der Waals surface area contributed by atoms with Crippen molar-refractivity contribution in [2.45, 2.75) is 6.42 Å². The molecule has 1 fully saturated rings. The highest BCUT2D eigenvalue weighted by atomic mass is 16.7. The van der Waals surface area contributed by atoms with E-state index in [2.05, 4.69) is 0 Å². The summed E-state index contributed by atoms with van der Waals surface area (Å²) in [5.74, 6) is 0. The molecule has 1 aliphatic heterocycles. The van der Waals surface area contributed by atoms with Gasteiger partial charge in [-0.1, -0.05) is 0 Å². The monoisotopic (exact) mass is 132 g/mol. The number of amides is 2. The lowest BCUT2D eigenvalue weighted by atomic mass is 10.5. The first kappa shape index (κ1) is 6.31. The zero-order valence-corrected chi connectivity index (χ0v) is 4.83. The molecule has 0 atom stereocenters. The summed E-state index contributed by atoms with van der Waals surface area (Å²) in [6, 6.07) is -0.604. The average Bonchev–Trinajstić information content (AvgIpc) is 2.37. The summed E-state index contributed by atoms with van der Waals surface area (Å²) in [5, 5.41) is 9.16. The van der Waals surface area contributed by atoms with E-state index >= 15 is 0 Å². The number of rotatable bonds is 0. The van der Waals surface area contributed by atoms with Crippen LogP contribution in [-0.4, -0.2) is 29.5 Å². The maximum Gasteiger partial charge on any atom is 0.365 e. The van der Waals surface area contributed by atoms with Gasteiger partial charge in [0.15, 0.2) is 0 Å². The Hall–Kier alpha value is -0.810. The predicted octanol–water partition coefficient (Wildman–Crippen LogP) is -0.278. The molecule has 5 heteroatoms. The second-order valence-electron chi connectivity index (χ2n) is 1.71. The number of carbonyl (C=O) groups excluding carboxylic acids is 1. The van der Waals surface area contributed by atoms with E-state index in [9.17, 15) is 4.79 Å². The maximum absolute atomic E-state index is 10.5. The van der Waals surface area contributed by atoms with Gasteiger partial charge in [-0.2, -0.15) is 0 Å². The molecule has 5 nitrogen and oxygen atoms in total. The van der Waals surface area contributed by atoms with Crippen molar-refractivity contribution in [3.63, 3.8) is 0 Å². The van der Waals surface area contributed by atoms with Gasteiger partial charge in [0.05, 0.1) is 13.2 Å². The van der Waals surface area contributed by atoms with Gasteiger partial charge in [-0.25, -0.2) is 15.3 Å². The lowest BCUT2D eigenvalue weighted by Crippen LogP contribution is -2.35. The van der Waals surface area contributed by atoms with Crippen LogP contribution in [0.2, 0.25) is 0 Å². The molecule has 0 aliphatic carbocycles. The van der Waals surface area contributed by atoms with Crippen LogP contribution in [0.5, 0.6) is 0 Å². The molecule has 2 N–H and O–H groups in total. The van der Waals surface area contributed by atoms with Crippen molar-refractivity contribution >= 4 is 6.03 Å². The van der Waals surface area contributed by atoms with Gasteiger partial charge in [0, 0.05) is 0 Å². The second-order valence-corrected chi connectivity index (χ2v) is 1.71. The van der Waals surface area contributed by atoms with Gasteiger partial charge in [-0.05, 0) is 6.42 Å². The van der Waals surface area contributed by atoms with Crippen LogP contribution in [-0.2, 0) is 4.84 Å². The number of hydroxylamine groups is 3. The average molecular weight is 132 g/mol. The second kappa shape index (κ2) is 2.65. The molecule has 0 unspecified atom stereocenters. The fourth-order valence-electron chi connectivity index (χ4n) is 0.663. The predicted molar refractivity (Wildman–Crippen MR) is 27.6 cm³/mol. The molecule has 0 spiro atoms. The summed E-state index contributed by atoms with van der Waals surface area (Å²) >= 11 is 0. The molecule has 0 aromatic rings. The van der Waals surface area contributed by atoms with Crippen molar-refractivity contribution in [2.75, 3.05) is 13.2 Å². The van der Waals surface area contributed by atoms with Crippen molar-refractivity contribution in [1.29, 1.82) is 0 Å². The fraction of sp³-hybridized carbons (Fsp3) is 0.750. The van der Waals surface area contributed by atoms with E-state index in [0.29, 0.717) is 13.2 Å². The molecule has 9 heavy (non-hydrogen) atoms. The molecule has 52 valence electrons. The van der Waals surface area contributed by atoms with E-state index in [0.717, 1.165) is 11.5 Å². The third-order valence-electron chi connectivity index (χ3n) is 1.07. The number of hydrogen-bond acceptors (Lipinski definition) is 3. The van der Waals surface area contributed by atoms with E-state index in [-0.39, 0.29) is 0 Å². The summed E-state index contributed by atoms with van der Waals surface area (Å²) < 4.78 is 0. The van der Waals surface area contributed by atoms with Crippen LogP contribution in [0, 0.1) is 0 Å². The first-order valence-electron chi connectivity index (χ1n) is 2.69. The van der Waals surface area contributed by atoms with E-state index in [1.165, 1.54) is 5.48 Å². The first-order chi connectivity index (χ1) is 4.34. The van der Waals surface area contributed by atoms with Crippen LogP contribution >= 0.6 is 0 Å². The topological polar surface area (TPSA) is 61.8 Å². The SMILES string of the molecule is O=C(NO)N1CCCO1. The fourth-order valence-corrected chi connectivity index (χ4v) is 0.663. The number of urea groups is 1. The largest absolute Gasteiger partial charge is 0.365 e. The van der Waals surface area contributed by atoms with Gasteiger partial charge < -0.3 is 0 Å². The molecule has 1 rings (SSSR count). The third-order valence-corrected chi connectivity index (χ3v) is 1.07. The van der Waals surface area contributed by atoms with E-state index in [1.807, 2.05) is 0 Å². The molecule has 0 bridgehead atoms. The van der Waals surface area contributed by atoms with Crippen LogP contribution in [0.25, 0.3) is 0 Å². The number of nitrogens with zero attached hydrogens (tertiary/aromatic N) is 1.